The number of hydrogen-bond donors (Lipinski definition) is 2. The molecule has 33 heavy (non-hydrogen) atoms. The zero-order valence-electron chi connectivity index (χ0n) is 18.2. The zero-order valence-corrected chi connectivity index (χ0v) is 19.1. The summed E-state index contributed by atoms with van der Waals surface area (Å²) >= 11 is 5.69. The van der Waals surface area contributed by atoms with Crippen LogP contribution in [0.2, 0.25) is 0 Å². The molecule has 3 aromatic rings. The number of allylic oxidation sites excluding steroid dienone is 1. The van der Waals surface area contributed by atoms with Crippen LogP contribution in [0.25, 0.3) is 0 Å². The fourth-order valence-electron chi connectivity index (χ4n) is 3.82. The number of methoxy groups -OCH3 is 1. The maximum atomic E-state index is 13.5. The monoisotopic (exact) mass is 457 g/mol. The molecule has 2 N–H and O–H groups in total. The van der Waals surface area contributed by atoms with Gasteiger partial charge in [-0.2, -0.15) is 0 Å². The molecule has 4 rings (SSSR count). The van der Waals surface area contributed by atoms with Gasteiger partial charge in [0.05, 0.1) is 24.3 Å². The van der Waals surface area contributed by atoms with Crippen molar-refractivity contribution in [3.05, 3.63) is 107 Å². The Morgan fingerprint density at radius 1 is 0.939 bits per heavy atom. The van der Waals surface area contributed by atoms with Gasteiger partial charge in [0.1, 0.15) is 0 Å². The first-order valence-corrected chi connectivity index (χ1v) is 10.8. The van der Waals surface area contributed by atoms with Crippen LogP contribution in [-0.4, -0.2) is 24.1 Å². The Bertz CT molecular complexity index is 1210. The number of nitrogens with one attached hydrogen (secondary N) is 2. The van der Waals surface area contributed by atoms with Crippen LogP contribution in [-0.2, 0) is 9.53 Å². The third-order valence-electron chi connectivity index (χ3n) is 5.44. The molecule has 0 aromatic heterocycles. The molecule has 1 aliphatic heterocycles. The van der Waals surface area contributed by atoms with Gasteiger partial charge >= 0.3 is 5.97 Å². The van der Waals surface area contributed by atoms with E-state index in [-0.39, 0.29) is 5.91 Å². The second-order valence-electron chi connectivity index (χ2n) is 7.49. The number of carbonyl (C=O) groups excluding carboxylic acids is 2. The summed E-state index contributed by atoms with van der Waals surface area (Å²) in [6, 6.07) is 25.4. The van der Waals surface area contributed by atoms with Gasteiger partial charge in [-0.3, -0.25) is 9.69 Å². The number of thiocarbonyl (C=S) groups is 1. The van der Waals surface area contributed by atoms with Gasteiger partial charge in [0.15, 0.2) is 5.11 Å². The highest BCUT2D eigenvalue weighted by atomic mass is 32.1. The number of anilines is 2. The summed E-state index contributed by atoms with van der Waals surface area (Å²) in [5.41, 5.74) is 4.04. The molecule has 1 atom stereocenters. The molecule has 6 nitrogen and oxygen atoms in total. The molecule has 1 heterocycles. The molecule has 0 bridgehead atoms. The summed E-state index contributed by atoms with van der Waals surface area (Å²) in [4.78, 5) is 27.2. The minimum Gasteiger partial charge on any atom is -0.465 e. The molecule has 0 saturated carbocycles. The number of esters is 1. The molecule has 0 spiro atoms. The van der Waals surface area contributed by atoms with Crippen LogP contribution in [0.4, 0.5) is 11.4 Å². The van der Waals surface area contributed by atoms with Crippen molar-refractivity contribution in [1.82, 2.24) is 5.32 Å². The van der Waals surface area contributed by atoms with Gasteiger partial charge in [0.2, 0.25) is 0 Å². The lowest BCUT2D eigenvalue weighted by Gasteiger charge is -2.38. The Morgan fingerprint density at radius 3 is 2.15 bits per heavy atom. The molecule has 0 fully saturated rings. The average molecular weight is 458 g/mol. The van der Waals surface area contributed by atoms with E-state index in [0.717, 1.165) is 16.9 Å². The third kappa shape index (κ3) is 4.63. The molecule has 1 unspecified atom stereocenters. The summed E-state index contributed by atoms with van der Waals surface area (Å²) in [6.45, 7) is 1.88. The molecular formula is C26H23N3O3S. The third-order valence-corrected chi connectivity index (χ3v) is 5.74. The second-order valence-corrected chi connectivity index (χ2v) is 7.87. The smallest absolute Gasteiger partial charge is 0.337 e. The highest BCUT2D eigenvalue weighted by Crippen LogP contribution is 2.34. The molecule has 0 saturated heterocycles. The average Bonchev–Trinajstić information content (AvgIpc) is 2.84. The van der Waals surface area contributed by atoms with Crippen molar-refractivity contribution in [2.45, 2.75) is 13.0 Å². The van der Waals surface area contributed by atoms with Gasteiger partial charge in [-0.05, 0) is 61.1 Å². The molecular weight excluding hydrogens is 434 g/mol. The number of rotatable bonds is 5. The van der Waals surface area contributed by atoms with Crippen LogP contribution in [0.15, 0.2) is 96.2 Å². The molecule has 0 aliphatic carbocycles. The van der Waals surface area contributed by atoms with Crippen molar-refractivity contribution >= 4 is 40.6 Å². The van der Waals surface area contributed by atoms with Crippen molar-refractivity contribution in [1.29, 1.82) is 0 Å². The molecule has 7 heteroatoms. The maximum absolute atomic E-state index is 13.5. The van der Waals surface area contributed by atoms with Crippen LogP contribution >= 0.6 is 12.2 Å². The lowest BCUT2D eigenvalue weighted by molar-refractivity contribution is -0.113. The van der Waals surface area contributed by atoms with E-state index in [1.807, 2.05) is 72.5 Å². The summed E-state index contributed by atoms with van der Waals surface area (Å²) in [6.07, 6.45) is 0. The predicted octanol–water partition coefficient (Wildman–Crippen LogP) is 4.82. The van der Waals surface area contributed by atoms with Crippen molar-refractivity contribution < 1.29 is 14.3 Å². The highest BCUT2D eigenvalue weighted by Gasteiger charge is 2.34. The Balaban J connectivity index is 1.77. The van der Waals surface area contributed by atoms with Crippen LogP contribution in [0.5, 0.6) is 0 Å². The SMILES string of the molecule is COC(=O)c1ccc(C2NC(=S)N(c3ccccc3)C(C)=C2C(=O)Nc2ccccc2)cc1. The van der Waals surface area contributed by atoms with Crippen LogP contribution in [0.3, 0.4) is 0 Å². The first-order chi connectivity index (χ1) is 16.0. The molecule has 0 radical (unpaired) electrons. The lowest BCUT2D eigenvalue weighted by atomic mass is 9.93. The number of carbonyl (C=O) groups is 2. The number of para-hydroxylation sites is 2. The van der Waals surface area contributed by atoms with Gasteiger partial charge < -0.3 is 15.4 Å². The van der Waals surface area contributed by atoms with Gasteiger partial charge in [-0.1, -0.05) is 48.5 Å². The Kier molecular flexibility index (Phi) is 6.51. The molecule has 1 aliphatic rings. The van der Waals surface area contributed by atoms with Crippen LogP contribution in [0.1, 0.15) is 28.9 Å². The fraction of sp³-hybridized carbons (Fsp3) is 0.115. The Hall–Kier alpha value is -3.97. The minimum absolute atomic E-state index is 0.239. The van der Waals surface area contributed by atoms with E-state index in [1.54, 1.807) is 24.3 Å². The molecule has 1 amide bonds. The van der Waals surface area contributed by atoms with Gasteiger partial charge in [-0.15, -0.1) is 0 Å². The quantitative estimate of drug-likeness (QED) is 0.423. The van der Waals surface area contributed by atoms with Crippen molar-refractivity contribution in [2.75, 3.05) is 17.3 Å². The van der Waals surface area contributed by atoms with Gasteiger partial charge in [0, 0.05) is 17.1 Å². The van der Waals surface area contributed by atoms with Crippen LogP contribution < -0.4 is 15.5 Å². The minimum atomic E-state index is -0.493. The van der Waals surface area contributed by atoms with E-state index in [9.17, 15) is 9.59 Å². The van der Waals surface area contributed by atoms with Gasteiger partial charge in [-0.25, -0.2) is 4.79 Å². The summed E-state index contributed by atoms with van der Waals surface area (Å²) < 4.78 is 4.79. The Morgan fingerprint density at radius 2 is 1.55 bits per heavy atom. The van der Waals surface area contributed by atoms with Crippen LogP contribution in [0, 0.1) is 0 Å². The van der Waals surface area contributed by atoms with E-state index in [1.165, 1.54) is 7.11 Å². The number of benzene rings is 3. The number of amides is 1. The number of hydrogen-bond acceptors (Lipinski definition) is 4. The molecule has 3 aromatic carbocycles. The first-order valence-electron chi connectivity index (χ1n) is 10.4. The lowest BCUT2D eigenvalue weighted by Crippen LogP contribution is -2.48. The topological polar surface area (TPSA) is 70.7 Å². The second kappa shape index (κ2) is 9.67. The van der Waals surface area contributed by atoms with E-state index in [0.29, 0.717) is 21.9 Å². The Labute approximate surface area is 197 Å². The molecule has 166 valence electrons. The van der Waals surface area contributed by atoms with E-state index >= 15 is 0 Å². The summed E-state index contributed by atoms with van der Waals surface area (Å²) in [7, 11) is 1.34. The fourth-order valence-corrected chi connectivity index (χ4v) is 4.18. The maximum Gasteiger partial charge on any atom is 0.337 e. The van der Waals surface area contributed by atoms with E-state index in [4.69, 9.17) is 17.0 Å². The first kappa shape index (κ1) is 22.2. The van der Waals surface area contributed by atoms with Crippen molar-refractivity contribution in [2.24, 2.45) is 0 Å². The van der Waals surface area contributed by atoms with E-state index in [2.05, 4.69) is 10.6 Å². The zero-order chi connectivity index (χ0) is 23.4. The normalized spacial score (nSPS) is 15.6. The highest BCUT2D eigenvalue weighted by molar-refractivity contribution is 7.80. The van der Waals surface area contributed by atoms with Gasteiger partial charge in [0.25, 0.3) is 5.91 Å². The predicted molar refractivity (Wildman–Crippen MR) is 133 cm³/mol. The van der Waals surface area contributed by atoms with Crippen molar-refractivity contribution in [3.63, 3.8) is 0 Å². The summed E-state index contributed by atoms with van der Waals surface area (Å²) in [5.74, 6) is -0.658. The standard InChI is InChI=1S/C26H23N3O3S/c1-17-22(24(30)27-20-9-5-3-6-10-20)23(18-13-15-19(16-14-18)25(31)32-2)28-26(33)29(17)21-11-7-4-8-12-21/h3-16,23H,1-2H3,(H,27,30)(H,28,33). The number of nitrogens with zero attached hydrogens (tertiary/aromatic N) is 1. The largest absolute Gasteiger partial charge is 0.465 e. The summed E-state index contributed by atoms with van der Waals surface area (Å²) in [5, 5.41) is 6.78. The van der Waals surface area contributed by atoms with E-state index < -0.39 is 12.0 Å². The van der Waals surface area contributed by atoms with Crippen molar-refractivity contribution in [3.8, 4) is 0 Å². The number of ether oxygens (including phenoxy) is 1.